The van der Waals surface area contributed by atoms with E-state index < -0.39 is 11.6 Å². The van der Waals surface area contributed by atoms with Gasteiger partial charge in [-0.25, -0.2) is 4.39 Å². The minimum absolute atomic E-state index is 0.325. The van der Waals surface area contributed by atoms with Crippen molar-refractivity contribution in [3.8, 4) is 5.75 Å². The lowest BCUT2D eigenvalue weighted by Crippen LogP contribution is -2.02. The molecule has 0 unspecified atom stereocenters. The first-order valence-electron chi connectivity index (χ1n) is 7.56. The molecule has 0 fully saturated rings. The zero-order chi connectivity index (χ0) is 18.7. The maximum Gasteiger partial charge on any atom is 0.175 e. The van der Waals surface area contributed by atoms with E-state index in [0.29, 0.717) is 26.8 Å². The summed E-state index contributed by atoms with van der Waals surface area (Å²) in [7, 11) is 0. The van der Waals surface area contributed by atoms with Crippen LogP contribution in [0.4, 0.5) is 10.1 Å². The van der Waals surface area contributed by atoms with Crippen LogP contribution in [0.5, 0.6) is 5.75 Å². The van der Waals surface area contributed by atoms with E-state index in [4.69, 9.17) is 23.2 Å². The second-order valence-electron chi connectivity index (χ2n) is 5.42. The Morgan fingerprint density at radius 2 is 1.81 bits per heavy atom. The number of rotatable bonds is 5. The Kier molecular flexibility index (Phi) is 6.35. The molecule has 0 aromatic heterocycles. The van der Waals surface area contributed by atoms with Crippen LogP contribution in [0.3, 0.4) is 0 Å². The third-order valence-electron chi connectivity index (χ3n) is 3.59. The van der Waals surface area contributed by atoms with Gasteiger partial charge < -0.3 is 10.4 Å². The van der Waals surface area contributed by atoms with E-state index in [1.165, 1.54) is 6.07 Å². The smallest absolute Gasteiger partial charge is 0.175 e. The summed E-state index contributed by atoms with van der Waals surface area (Å²) < 4.78 is 14.2. The minimum atomic E-state index is -0.680. The van der Waals surface area contributed by atoms with Gasteiger partial charge in [0.25, 0.3) is 0 Å². The van der Waals surface area contributed by atoms with E-state index in [9.17, 15) is 9.50 Å². The first-order valence-corrected chi connectivity index (χ1v) is 9.93. The first kappa shape index (κ1) is 19.4. The number of phenolic OH excluding ortho intramolecular Hbond substituents is 1. The normalized spacial score (nSPS) is 10.8. The van der Waals surface area contributed by atoms with Gasteiger partial charge in [0, 0.05) is 20.8 Å². The summed E-state index contributed by atoms with van der Waals surface area (Å²) in [4.78, 5) is 1.98. The largest absolute Gasteiger partial charge is 0.503 e. The molecule has 0 heterocycles. The molecule has 0 radical (unpaired) electrons. The van der Waals surface area contributed by atoms with Gasteiger partial charge in [0.2, 0.25) is 0 Å². The standard InChI is InChI=1S/C19H13BrCl2FNOS/c20-12-7-16(23)19(25)17(8-12)24-10-11-3-1-2-4-18(11)26-13-5-6-14(21)15(22)9-13/h1-9,24-25H,10H2. The third kappa shape index (κ3) is 4.65. The molecule has 0 aliphatic rings. The van der Waals surface area contributed by atoms with Crippen LogP contribution >= 0.6 is 50.9 Å². The number of aromatic hydroxyl groups is 1. The number of hydrogen-bond acceptors (Lipinski definition) is 3. The van der Waals surface area contributed by atoms with Gasteiger partial charge in [0.15, 0.2) is 11.6 Å². The highest BCUT2D eigenvalue weighted by molar-refractivity contribution is 9.10. The van der Waals surface area contributed by atoms with Crippen LogP contribution in [0.1, 0.15) is 5.56 Å². The quantitative estimate of drug-likeness (QED) is 0.380. The summed E-state index contributed by atoms with van der Waals surface area (Å²) in [5.74, 6) is -1.08. The fourth-order valence-corrected chi connectivity index (χ4v) is 4.09. The predicted octanol–water partition coefficient (Wildman–Crippen LogP) is 7.36. The van der Waals surface area contributed by atoms with E-state index in [1.807, 2.05) is 36.4 Å². The van der Waals surface area contributed by atoms with Crippen molar-refractivity contribution in [1.82, 2.24) is 0 Å². The van der Waals surface area contributed by atoms with Gasteiger partial charge in [0.05, 0.1) is 15.7 Å². The number of hydrogen-bond donors (Lipinski definition) is 2. The lowest BCUT2D eigenvalue weighted by molar-refractivity contribution is 0.434. The summed E-state index contributed by atoms with van der Waals surface area (Å²) in [5, 5.41) is 14.0. The molecule has 3 rings (SSSR count). The molecule has 7 heteroatoms. The molecule has 0 spiro atoms. The Morgan fingerprint density at radius 3 is 2.58 bits per heavy atom. The van der Waals surface area contributed by atoms with Crippen LogP contribution in [0.25, 0.3) is 0 Å². The SMILES string of the molecule is Oc1c(F)cc(Br)cc1NCc1ccccc1Sc1ccc(Cl)c(Cl)c1. The lowest BCUT2D eigenvalue weighted by Gasteiger charge is -2.13. The van der Waals surface area contributed by atoms with Gasteiger partial charge >= 0.3 is 0 Å². The Hall–Kier alpha value is -1.40. The fraction of sp³-hybridized carbons (Fsp3) is 0.0526. The van der Waals surface area contributed by atoms with Crippen molar-refractivity contribution in [2.24, 2.45) is 0 Å². The summed E-state index contributed by atoms with van der Waals surface area (Å²) in [6, 6.07) is 16.2. The zero-order valence-corrected chi connectivity index (χ0v) is 17.2. The Morgan fingerprint density at radius 1 is 1.04 bits per heavy atom. The van der Waals surface area contributed by atoms with Gasteiger partial charge in [-0.2, -0.15) is 0 Å². The molecule has 0 aliphatic heterocycles. The molecular weight excluding hydrogens is 460 g/mol. The zero-order valence-electron chi connectivity index (χ0n) is 13.3. The van der Waals surface area contributed by atoms with Crippen LogP contribution in [-0.2, 0) is 6.54 Å². The van der Waals surface area contributed by atoms with Crippen molar-refractivity contribution < 1.29 is 9.50 Å². The molecule has 0 amide bonds. The second kappa shape index (κ2) is 8.53. The van der Waals surface area contributed by atoms with E-state index in [1.54, 1.807) is 23.9 Å². The molecule has 3 aromatic carbocycles. The van der Waals surface area contributed by atoms with Crippen LogP contribution < -0.4 is 5.32 Å². The maximum absolute atomic E-state index is 13.7. The molecule has 0 saturated heterocycles. The lowest BCUT2D eigenvalue weighted by atomic mass is 10.2. The maximum atomic E-state index is 13.7. The third-order valence-corrected chi connectivity index (χ3v) is 5.89. The van der Waals surface area contributed by atoms with Crippen molar-refractivity contribution >= 4 is 56.6 Å². The van der Waals surface area contributed by atoms with Gasteiger partial charge in [-0.1, -0.05) is 69.1 Å². The van der Waals surface area contributed by atoms with E-state index in [2.05, 4.69) is 21.2 Å². The molecule has 0 aliphatic carbocycles. The van der Waals surface area contributed by atoms with Crippen molar-refractivity contribution in [3.05, 3.63) is 80.5 Å². The summed E-state index contributed by atoms with van der Waals surface area (Å²) in [6.45, 7) is 0.425. The highest BCUT2D eigenvalue weighted by atomic mass is 79.9. The fourth-order valence-electron chi connectivity index (χ4n) is 2.31. The summed E-state index contributed by atoms with van der Waals surface area (Å²) >= 11 is 16.8. The number of phenols is 1. The molecule has 0 saturated carbocycles. The van der Waals surface area contributed by atoms with Crippen molar-refractivity contribution in [3.63, 3.8) is 0 Å². The van der Waals surface area contributed by atoms with E-state index in [0.717, 1.165) is 15.4 Å². The average molecular weight is 473 g/mol. The minimum Gasteiger partial charge on any atom is -0.503 e. The molecule has 26 heavy (non-hydrogen) atoms. The average Bonchev–Trinajstić information content (AvgIpc) is 2.61. The Bertz CT molecular complexity index is 955. The number of nitrogens with one attached hydrogen (secondary N) is 1. The van der Waals surface area contributed by atoms with Gasteiger partial charge in [-0.15, -0.1) is 0 Å². The molecule has 0 atom stereocenters. The van der Waals surface area contributed by atoms with Crippen LogP contribution in [0, 0.1) is 5.82 Å². The van der Waals surface area contributed by atoms with E-state index >= 15 is 0 Å². The monoisotopic (exact) mass is 471 g/mol. The molecule has 2 nitrogen and oxygen atoms in total. The van der Waals surface area contributed by atoms with Crippen LogP contribution in [0.2, 0.25) is 10.0 Å². The second-order valence-corrected chi connectivity index (χ2v) is 8.27. The van der Waals surface area contributed by atoms with Crippen molar-refractivity contribution in [2.75, 3.05) is 5.32 Å². The highest BCUT2D eigenvalue weighted by Gasteiger charge is 2.11. The summed E-state index contributed by atoms with van der Waals surface area (Å²) in [6.07, 6.45) is 0. The Labute approximate surface area is 173 Å². The topological polar surface area (TPSA) is 32.3 Å². The van der Waals surface area contributed by atoms with Crippen LogP contribution in [0.15, 0.2) is 68.9 Å². The number of benzene rings is 3. The van der Waals surface area contributed by atoms with Crippen molar-refractivity contribution in [2.45, 2.75) is 16.3 Å². The molecule has 3 aromatic rings. The molecule has 134 valence electrons. The molecule has 0 bridgehead atoms. The predicted molar refractivity (Wildman–Crippen MR) is 110 cm³/mol. The van der Waals surface area contributed by atoms with Gasteiger partial charge in [-0.3, -0.25) is 0 Å². The van der Waals surface area contributed by atoms with E-state index in [-0.39, 0.29) is 0 Å². The van der Waals surface area contributed by atoms with Gasteiger partial charge in [-0.05, 0) is 42.0 Å². The summed E-state index contributed by atoms with van der Waals surface area (Å²) in [5.41, 5.74) is 1.33. The molecule has 2 N–H and O–H groups in total. The highest BCUT2D eigenvalue weighted by Crippen LogP contribution is 2.35. The van der Waals surface area contributed by atoms with Crippen molar-refractivity contribution in [1.29, 1.82) is 0 Å². The Balaban J connectivity index is 1.80. The number of halogens is 4. The van der Waals surface area contributed by atoms with Gasteiger partial charge in [0.1, 0.15) is 0 Å². The molecular formula is C19H13BrCl2FNOS. The van der Waals surface area contributed by atoms with Crippen LogP contribution in [-0.4, -0.2) is 5.11 Å². The number of anilines is 1. The first-order chi connectivity index (χ1) is 12.4.